The highest BCUT2D eigenvalue weighted by Gasteiger charge is 2.37. The van der Waals surface area contributed by atoms with Crippen LogP contribution in [0.1, 0.15) is 53.9 Å². The molecular weight excluding hydrogens is 248 g/mol. The summed E-state index contributed by atoms with van der Waals surface area (Å²) in [6, 6.07) is 2.11. The number of hydrogen-bond acceptors (Lipinski definition) is 3. The average molecular weight is 279 g/mol. The van der Waals surface area contributed by atoms with Gasteiger partial charge in [0, 0.05) is 12.2 Å². The molecule has 0 aliphatic carbocycles. The summed E-state index contributed by atoms with van der Waals surface area (Å²) in [5, 5.41) is 0. The minimum Gasteiger partial charge on any atom is -0.391 e. The van der Waals surface area contributed by atoms with Crippen molar-refractivity contribution in [3.8, 4) is 0 Å². The zero-order valence-electron chi connectivity index (χ0n) is 12.2. The van der Waals surface area contributed by atoms with Crippen molar-refractivity contribution in [3.63, 3.8) is 0 Å². The first-order chi connectivity index (χ1) is 8.03. The predicted molar refractivity (Wildman–Crippen MR) is 81.2 cm³/mol. The van der Waals surface area contributed by atoms with E-state index in [1.54, 1.807) is 0 Å². The quantitative estimate of drug-likeness (QED) is 0.472. The molecule has 0 rings (SSSR count). The molecule has 0 aromatic rings. The Bertz CT molecular complexity index is 178. The van der Waals surface area contributed by atoms with Crippen molar-refractivity contribution in [2.45, 2.75) is 78.2 Å². The molecule has 4 heteroatoms. The molecule has 0 saturated heterocycles. The van der Waals surface area contributed by atoms with Gasteiger partial charge < -0.3 is 8.85 Å². The van der Waals surface area contributed by atoms with Crippen LogP contribution in [0.2, 0.25) is 12.1 Å². The molecule has 2 unspecified atom stereocenters. The number of rotatable bonds is 10. The van der Waals surface area contributed by atoms with Crippen LogP contribution < -0.4 is 0 Å². The van der Waals surface area contributed by atoms with E-state index in [0.717, 1.165) is 37.1 Å². The van der Waals surface area contributed by atoms with Crippen molar-refractivity contribution in [2.24, 2.45) is 0 Å². The molecule has 0 bridgehead atoms. The molecule has 0 aliphatic rings. The van der Waals surface area contributed by atoms with Gasteiger partial charge in [-0.15, -0.1) is 0 Å². The second-order valence-corrected chi connectivity index (χ2v) is 8.71. The first-order valence-corrected chi connectivity index (χ1v) is 9.86. The van der Waals surface area contributed by atoms with E-state index in [0.29, 0.717) is 12.2 Å². The summed E-state index contributed by atoms with van der Waals surface area (Å²) in [4.78, 5) is 0. The number of hydrogen-bond donors (Lipinski definition) is 1. The number of thiol groups is 1. The molecule has 0 fully saturated rings. The van der Waals surface area contributed by atoms with Gasteiger partial charge in [0.25, 0.3) is 0 Å². The summed E-state index contributed by atoms with van der Waals surface area (Å²) in [5.41, 5.74) is 0. The third-order valence-electron chi connectivity index (χ3n) is 3.24. The van der Waals surface area contributed by atoms with Crippen molar-refractivity contribution in [2.75, 3.05) is 5.75 Å². The van der Waals surface area contributed by atoms with E-state index < -0.39 is 8.56 Å². The van der Waals surface area contributed by atoms with Gasteiger partial charge >= 0.3 is 8.56 Å². The largest absolute Gasteiger partial charge is 0.391 e. The highest BCUT2D eigenvalue weighted by molar-refractivity contribution is 7.80. The summed E-state index contributed by atoms with van der Waals surface area (Å²) in [7, 11) is -2.01. The summed E-state index contributed by atoms with van der Waals surface area (Å²) in [6.45, 7) is 10.8. The van der Waals surface area contributed by atoms with Crippen LogP contribution in [0.4, 0.5) is 0 Å². The Morgan fingerprint density at radius 2 is 1.47 bits per heavy atom. The SMILES string of the molecule is CCC(C)O[Si](CC)(CCCS)OC(C)CC. The Hall–Kier alpha value is 0.487. The molecule has 17 heavy (non-hydrogen) atoms. The molecule has 0 saturated carbocycles. The first kappa shape index (κ1) is 17.5. The van der Waals surface area contributed by atoms with Crippen LogP contribution in [0.3, 0.4) is 0 Å². The second-order valence-electron chi connectivity index (χ2n) is 4.76. The molecular formula is C13H30O2SSi. The molecule has 0 aliphatic heterocycles. The smallest absolute Gasteiger partial charge is 0.338 e. The van der Waals surface area contributed by atoms with Crippen LogP contribution in [-0.2, 0) is 8.85 Å². The van der Waals surface area contributed by atoms with Crippen LogP contribution in [0.25, 0.3) is 0 Å². The Morgan fingerprint density at radius 3 is 1.76 bits per heavy atom. The fraction of sp³-hybridized carbons (Fsp3) is 1.00. The van der Waals surface area contributed by atoms with Gasteiger partial charge in [0.1, 0.15) is 0 Å². The van der Waals surface area contributed by atoms with Crippen molar-refractivity contribution >= 4 is 21.2 Å². The zero-order chi connectivity index (χ0) is 13.3. The third-order valence-corrected chi connectivity index (χ3v) is 7.41. The standard InChI is InChI=1S/C13H30O2SSi/c1-6-12(4)14-17(8-3,11-9-10-16)15-13(5)7-2/h12-13,16H,6-11H2,1-5H3. The Balaban J connectivity index is 4.60. The summed E-state index contributed by atoms with van der Waals surface area (Å²) in [6.07, 6.45) is 3.82. The van der Waals surface area contributed by atoms with Crippen LogP contribution >= 0.6 is 12.6 Å². The van der Waals surface area contributed by atoms with Gasteiger partial charge in [-0.25, -0.2) is 0 Å². The molecule has 0 aromatic heterocycles. The van der Waals surface area contributed by atoms with E-state index in [-0.39, 0.29) is 0 Å². The normalized spacial score (nSPS) is 18.7. The molecule has 2 nitrogen and oxygen atoms in total. The summed E-state index contributed by atoms with van der Waals surface area (Å²) >= 11 is 4.31. The predicted octanol–water partition coefficient (Wildman–Crippen LogP) is 4.40. The Kier molecular flexibility index (Phi) is 9.69. The fourth-order valence-corrected chi connectivity index (χ4v) is 5.69. The first-order valence-electron chi connectivity index (χ1n) is 7.00. The minimum absolute atomic E-state index is 0.311. The highest BCUT2D eigenvalue weighted by atomic mass is 32.1. The van der Waals surface area contributed by atoms with E-state index in [9.17, 15) is 0 Å². The molecule has 0 aromatic carbocycles. The van der Waals surface area contributed by atoms with Gasteiger partial charge in [-0.1, -0.05) is 20.8 Å². The lowest BCUT2D eigenvalue weighted by molar-refractivity contribution is 0.0872. The molecule has 0 heterocycles. The van der Waals surface area contributed by atoms with Crippen LogP contribution in [0.5, 0.6) is 0 Å². The van der Waals surface area contributed by atoms with Gasteiger partial charge in [-0.05, 0) is 51.0 Å². The van der Waals surface area contributed by atoms with Crippen molar-refractivity contribution in [1.29, 1.82) is 0 Å². The lowest BCUT2D eigenvalue weighted by Gasteiger charge is -2.35. The Labute approximate surface area is 114 Å². The van der Waals surface area contributed by atoms with Crippen LogP contribution in [0, 0.1) is 0 Å². The van der Waals surface area contributed by atoms with Gasteiger partial charge in [0.05, 0.1) is 0 Å². The monoisotopic (exact) mass is 278 g/mol. The van der Waals surface area contributed by atoms with Crippen molar-refractivity contribution in [1.82, 2.24) is 0 Å². The van der Waals surface area contributed by atoms with Crippen molar-refractivity contribution < 1.29 is 8.85 Å². The van der Waals surface area contributed by atoms with E-state index in [4.69, 9.17) is 8.85 Å². The molecule has 0 amide bonds. The maximum atomic E-state index is 6.29. The van der Waals surface area contributed by atoms with Crippen molar-refractivity contribution in [3.05, 3.63) is 0 Å². The maximum Gasteiger partial charge on any atom is 0.338 e. The van der Waals surface area contributed by atoms with E-state index in [1.807, 2.05) is 0 Å². The molecule has 2 atom stereocenters. The topological polar surface area (TPSA) is 18.5 Å². The lowest BCUT2D eigenvalue weighted by atomic mass is 10.3. The van der Waals surface area contributed by atoms with Gasteiger partial charge in [0.15, 0.2) is 0 Å². The van der Waals surface area contributed by atoms with Gasteiger partial charge in [-0.2, -0.15) is 12.6 Å². The van der Waals surface area contributed by atoms with Crippen LogP contribution in [-0.4, -0.2) is 26.5 Å². The zero-order valence-corrected chi connectivity index (χ0v) is 14.1. The molecule has 104 valence electrons. The minimum atomic E-state index is -2.01. The molecule has 0 radical (unpaired) electrons. The summed E-state index contributed by atoms with van der Waals surface area (Å²) in [5.74, 6) is 0.919. The third kappa shape index (κ3) is 6.84. The molecule has 0 N–H and O–H groups in total. The van der Waals surface area contributed by atoms with E-state index in [1.165, 1.54) is 0 Å². The Morgan fingerprint density at radius 1 is 1.00 bits per heavy atom. The maximum absolute atomic E-state index is 6.29. The van der Waals surface area contributed by atoms with Gasteiger partial charge in [-0.3, -0.25) is 0 Å². The second kappa shape index (κ2) is 9.42. The summed E-state index contributed by atoms with van der Waals surface area (Å²) < 4.78 is 12.6. The van der Waals surface area contributed by atoms with Crippen LogP contribution in [0.15, 0.2) is 0 Å². The fourth-order valence-electron chi connectivity index (χ4n) is 1.74. The average Bonchev–Trinajstić information content (AvgIpc) is 2.35. The van der Waals surface area contributed by atoms with E-state index in [2.05, 4.69) is 47.2 Å². The molecule has 0 spiro atoms. The van der Waals surface area contributed by atoms with E-state index >= 15 is 0 Å². The highest BCUT2D eigenvalue weighted by Crippen LogP contribution is 2.26. The lowest BCUT2D eigenvalue weighted by Crippen LogP contribution is -2.46. The van der Waals surface area contributed by atoms with Gasteiger partial charge in [0.2, 0.25) is 0 Å².